The van der Waals surface area contributed by atoms with Crippen molar-refractivity contribution in [1.29, 1.82) is 5.26 Å². The fourth-order valence-corrected chi connectivity index (χ4v) is 0.974. The van der Waals surface area contributed by atoms with Gasteiger partial charge in [0, 0.05) is 5.69 Å². The Morgan fingerprint density at radius 3 is 3.00 bits per heavy atom. The first-order valence-electron chi connectivity index (χ1n) is 3.86. The van der Waals surface area contributed by atoms with Gasteiger partial charge in [-0.3, -0.25) is 4.98 Å². The summed E-state index contributed by atoms with van der Waals surface area (Å²) in [6, 6.07) is 3.53. The van der Waals surface area contributed by atoms with Gasteiger partial charge in [0.15, 0.2) is 5.75 Å². The maximum absolute atomic E-state index is 9.12. The molecule has 1 heterocycles. The molecule has 0 atom stereocenters. The zero-order chi connectivity index (χ0) is 8.97. The fraction of sp³-hybridized carbons (Fsp3) is 0.333. The molecule has 0 bridgehead atoms. The Labute approximate surface area is 71.3 Å². The average molecular weight is 162 g/mol. The van der Waals surface area contributed by atoms with E-state index in [0.29, 0.717) is 5.56 Å². The molecule has 0 aliphatic rings. The smallest absolute Gasteiger partial charge is 0.151 e. The number of aromatic nitrogens is 1. The summed E-state index contributed by atoms with van der Waals surface area (Å²) in [5, 5.41) is 17.7. The molecule has 0 spiro atoms. The lowest BCUT2D eigenvalue weighted by Gasteiger charge is -1.99. The van der Waals surface area contributed by atoms with Gasteiger partial charge in [0.05, 0.1) is 11.8 Å². The van der Waals surface area contributed by atoms with E-state index >= 15 is 0 Å². The summed E-state index contributed by atoms with van der Waals surface area (Å²) < 4.78 is 0. The minimum absolute atomic E-state index is 0.0441. The zero-order valence-corrected chi connectivity index (χ0v) is 6.91. The molecule has 0 amide bonds. The summed E-state index contributed by atoms with van der Waals surface area (Å²) in [7, 11) is 0. The summed E-state index contributed by atoms with van der Waals surface area (Å²) in [4.78, 5) is 3.98. The van der Waals surface area contributed by atoms with Crippen molar-refractivity contribution in [1.82, 2.24) is 4.98 Å². The summed E-state index contributed by atoms with van der Waals surface area (Å²) >= 11 is 0. The largest absolute Gasteiger partial charge is 0.505 e. The third-order valence-corrected chi connectivity index (χ3v) is 1.57. The van der Waals surface area contributed by atoms with E-state index in [-0.39, 0.29) is 5.75 Å². The Kier molecular flexibility index (Phi) is 2.65. The van der Waals surface area contributed by atoms with E-state index in [0.717, 1.165) is 18.5 Å². The molecular formula is C9H10N2O. The number of pyridine rings is 1. The van der Waals surface area contributed by atoms with Crippen molar-refractivity contribution in [2.75, 3.05) is 0 Å². The third kappa shape index (κ3) is 1.73. The molecule has 0 unspecified atom stereocenters. The molecule has 0 aliphatic carbocycles. The molecule has 12 heavy (non-hydrogen) atoms. The van der Waals surface area contributed by atoms with Gasteiger partial charge in [0.25, 0.3) is 0 Å². The molecule has 0 aliphatic heterocycles. The van der Waals surface area contributed by atoms with Crippen LogP contribution in [0.25, 0.3) is 0 Å². The quantitative estimate of drug-likeness (QED) is 0.718. The third-order valence-electron chi connectivity index (χ3n) is 1.57. The second-order valence-corrected chi connectivity index (χ2v) is 2.55. The first-order valence-corrected chi connectivity index (χ1v) is 3.86. The van der Waals surface area contributed by atoms with E-state index in [1.165, 1.54) is 6.20 Å². The number of aromatic hydroxyl groups is 1. The highest BCUT2D eigenvalue weighted by Gasteiger charge is 2.01. The summed E-state index contributed by atoms with van der Waals surface area (Å²) in [5.41, 5.74) is 1.15. The number of hydrogen-bond acceptors (Lipinski definition) is 3. The molecule has 0 fully saturated rings. The second-order valence-electron chi connectivity index (χ2n) is 2.55. The van der Waals surface area contributed by atoms with Crippen LogP contribution in [0.5, 0.6) is 5.75 Å². The normalized spacial score (nSPS) is 9.33. The summed E-state index contributed by atoms with van der Waals surface area (Å²) in [6.07, 6.45) is 3.15. The van der Waals surface area contributed by atoms with Gasteiger partial charge in [-0.05, 0) is 12.5 Å². The molecular weight excluding hydrogens is 152 g/mol. The van der Waals surface area contributed by atoms with E-state index in [4.69, 9.17) is 10.4 Å². The molecule has 0 aromatic carbocycles. The van der Waals surface area contributed by atoms with Crippen molar-refractivity contribution in [2.45, 2.75) is 19.8 Å². The number of nitriles is 1. The van der Waals surface area contributed by atoms with E-state index in [2.05, 4.69) is 4.98 Å². The molecule has 1 N–H and O–H groups in total. The molecule has 1 aromatic heterocycles. The monoisotopic (exact) mass is 162 g/mol. The van der Waals surface area contributed by atoms with Gasteiger partial charge in [-0.15, -0.1) is 0 Å². The van der Waals surface area contributed by atoms with Gasteiger partial charge in [0.2, 0.25) is 0 Å². The Morgan fingerprint density at radius 2 is 2.42 bits per heavy atom. The second kappa shape index (κ2) is 3.72. The minimum Gasteiger partial charge on any atom is -0.505 e. The van der Waals surface area contributed by atoms with Crippen molar-refractivity contribution >= 4 is 0 Å². The van der Waals surface area contributed by atoms with Crippen LogP contribution in [0.4, 0.5) is 0 Å². The Balaban J connectivity index is 2.99. The number of aryl methyl sites for hydroxylation is 1. The Hall–Kier alpha value is -1.56. The van der Waals surface area contributed by atoms with E-state index < -0.39 is 0 Å². The van der Waals surface area contributed by atoms with Gasteiger partial charge in [-0.1, -0.05) is 13.3 Å². The van der Waals surface area contributed by atoms with Crippen LogP contribution in [0.2, 0.25) is 0 Å². The molecule has 1 aromatic rings. The van der Waals surface area contributed by atoms with Crippen LogP contribution in [-0.4, -0.2) is 10.1 Å². The van der Waals surface area contributed by atoms with Crippen LogP contribution in [0.3, 0.4) is 0 Å². The van der Waals surface area contributed by atoms with Gasteiger partial charge in [-0.2, -0.15) is 5.26 Å². The minimum atomic E-state index is -0.0441. The SMILES string of the molecule is CCCc1cc(C#N)c(O)cn1. The van der Waals surface area contributed by atoms with Crippen LogP contribution < -0.4 is 0 Å². The highest BCUT2D eigenvalue weighted by molar-refractivity contribution is 5.41. The lowest BCUT2D eigenvalue weighted by Crippen LogP contribution is -1.89. The van der Waals surface area contributed by atoms with Gasteiger partial charge in [0.1, 0.15) is 6.07 Å². The molecule has 1 rings (SSSR count). The highest BCUT2D eigenvalue weighted by atomic mass is 16.3. The maximum Gasteiger partial charge on any atom is 0.151 e. The molecule has 0 saturated heterocycles. The lowest BCUT2D eigenvalue weighted by molar-refractivity contribution is 0.470. The average Bonchev–Trinajstić information content (AvgIpc) is 2.09. The first kappa shape index (κ1) is 8.54. The van der Waals surface area contributed by atoms with Crippen molar-refractivity contribution in [3.05, 3.63) is 23.5 Å². The Bertz CT molecular complexity index is 315. The standard InChI is InChI=1S/C9H10N2O/c1-2-3-8-4-7(5-10)9(12)6-11-8/h4,6,12H,2-3H2,1H3. The molecule has 62 valence electrons. The van der Waals surface area contributed by atoms with Crippen LogP contribution in [0, 0.1) is 11.3 Å². The summed E-state index contributed by atoms with van der Waals surface area (Å²) in [6.45, 7) is 2.04. The number of nitrogens with zero attached hydrogens (tertiary/aromatic N) is 2. The predicted octanol–water partition coefficient (Wildman–Crippen LogP) is 1.61. The van der Waals surface area contributed by atoms with Gasteiger partial charge < -0.3 is 5.11 Å². The van der Waals surface area contributed by atoms with Crippen LogP contribution >= 0.6 is 0 Å². The predicted molar refractivity (Wildman–Crippen MR) is 44.6 cm³/mol. The van der Waals surface area contributed by atoms with E-state index in [1.807, 2.05) is 13.0 Å². The van der Waals surface area contributed by atoms with Crippen molar-refractivity contribution < 1.29 is 5.11 Å². The molecule has 0 saturated carbocycles. The zero-order valence-electron chi connectivity index (χ0n) is 6.91. The molecule has 3 heteroatoms. The fourth-order valence-electron chi connectivity index (χ4n) is 0.974. The van der Waals surface area contributed by atoms with Crippen molar-refractivity contribution in [3.63, 3.8) is 0 Å². The van der Waals surface area contributed by atoms with Crippen LogP contribution in [0.15, 0.2) is 12.3 Å². The van der Waals surface area contributed by atoms with Crippen molar-refractivity contribution in [3.8, 4) is 11.8 Å². The molecule has 3 nitrogen and oxygen atoms in total. The number of rotatable bonds is 2. The van der Waals surface area contributed by atoms with Gasteiger partial charge in [-0.25, -0.2) is 0 Å². The Morgan fingerprint density at radius 1 is 1.67 bits per heavy atom. The van der Waals surface area contributed by atoms with Crippen LogP contribution in [-0.2, 0) is 6.42 Å². The highest BCUT2D eigenvalue weighted by Crippen LogP contribution is 2.15. The number of hydrogen-bond donors (Lipinski definition) is 1. The van der Waals surface area contributed by atoms with Crippen LogP contribution in [0.1, 0.15) is 24.6 Å². The van der Waals surface area contributed by atoms with E-state index in [1.54, 1.807) is 6.07 Å². The van der Waals surface area contributed by atoms with E-state index in [9.17, 15) is 0 Å². The maximum atomic E-state index is 9.12. The molecule has 0 radical (unpaired) electrons. The summed E-state index contributed by atoms with van der Waals surface area (Å²) in [5.74, 6) is -0.0441. The first-order chi connectivity index (χ1) is 5.77. The topological polar surface area (TPSA) is 56.9 Å². The van der Waals surface area contributed by atoms with Crippen molar-refractivity contribution in [2.24, 2.45) is 0 Å². The lowest BCUT2D eigenvalue weighted by atomic mass is 10.2. The van der Waals surface area contributed by atoms with Gasteiger partial charge >= 0.3 is 0 Å².